The third-order valence-electron chi connectivity index (χ3n) is 4.32. The maximum absolute atomic E-state index is 4.42. The average Bonchev–Trinajstić information content (AvgIpc) is 2.85. The second-order valence-electron chi connectivity index (χ2n) is 5.63. The van der Waals surface area contributed by atoms with Gasteiger partial charge in [-0.2, -0.15) is 5.10 Å². The molecule has 0 radical (unpaired) electrons. The molecule has 1 unspecified atom stereocenters. The van der Waals surface area contributed by atoms with E-state index < -0.39 is 0 Å². The largest absolute Gasteiger partial charge is 0.309 e. The molecular formula is C15H27N3. The number of nitrogens with one attached hydrogen (secondary N) is 1. The first kappa shape index (κ1) is 13.6. The van der Waals surface area contributed by atoms with Gasteiger partial charge in [-0.25, -0.2) is 0 Å². The third kappa shape index (κ3) is 2.94. The van der Waals surface area contributed by atoms with Gasteiger partial charge in [-0.05, 0) is 44.2 Å². The molecule has 102 valence electrons. The van der Waals surface area contributed by atoms with Gasteiger partial charge in [0.2, 0.25) is 0 Å². The van der Waals surface area contributed by atoms with Crippen molar-refractivity contribution in [2.75, 3.05) is 6.54 Å². The van der Waals surface area contributed by atoms with Gasteiger partial charge in [-0.15, -0.1) is 0 Å². The zero-order valence-electron chi connectivity index (χ0n) is 12.0. The zero-order chi connectivity index (χ0) is 13.0. The minimum Gasteiger partial charge on any atom is -0.309 e. The molecule has 0 amide bonds. The predicted molar refractivity (Wildman–Crippen MR) is 75.4 cm³/mol. The van der Waals surface area contributed by atoms with Crippen molar-refractivity contribution in [3.8, 4) is 0 Å². The van der Waals surface area contributed by atoms with E-state index in [1.165, 1.54) is 31.4 Å². The Balaban J connectivity index is 2.12. The Labute approximate surface area is 111 Å². The fourth-order valence-corrected chi connectivity index (χ4v) is 3.22. The molecule has 1 aliphatic carbocycles. The van der Waals surface area contributed by atoms with Crippen molar-refractivity contribution in [1.82, 2.24) is 15.1 Å². The molecule has 3 heteroatoms. The maximum Gasteiger partial charge on any atom is 0.0556 e. The van der Waals surface area contributed by atoms with E-state index in [9.17, 15) is 0 Å². The summed E-state index contributed by atoms with van der Waals surface area (Å²) in [7, 11) is 0. The summed E-state index contributed by atoms with van der Waals surface area (Å²) in [6, 6.07) is 2.68. The highest BCUT2D eigenvalue weighted by Crippen LogP contribution is 2.36. The second-order valence-corrected chi connectivity index (χ2v) is 5.63. The van der Waals surface area contributed by atoms with Crippen LogP contribution in [0, 0.1) is 11.8 Å². The summed E-state index contributed by atoms with van der Waals surface area (Å²) < 4.78 is 2.14. The van der Waals surface area contributed by atoms with E-state index in [1.54, 1.807) is 0 Å². The van der Waals surface area contributed by atoms with Crippen LogP contribution in [0.1, 0.15) is 58.2 Å². The van der Waals surface area contributed by atoms with E-state index in [4.69, 9.17) is 0 Å². The SMILES string of the molecule is CCNC(c1ccnn1CC)C1CCC(C)CC1. The molecule has 1 saturated carbocycles. The highest BCUT2D eigenvalue weighted by Gasteiger charge is 2.28. The second kappa shape index (κ2) is 6.37. The molecule has 0 spiro atoms. The van der Waals surface area contributed by atoms with Crippen LogP contribution in [0.5, 0.6) is 0 Å². The summed E-state index contributed by atoms with van der Waals surface area (Å²) in [5.74, 6) is 1.70. The summed E-state index contributed by atoms with van der Waals surface area (Å²) in [5, 5.41) is 8.11. The summed E-state index contributed by atoms with van der Waals surface area (Å²) in [6.45, 7) is 8.75. The first-order valence-corrected chi connectivity index (χ1v) is 7.51. The summed E-state index contributed by atoms with van der Waals surface area (Å²) >= 11 is 0. The molecule has 3 nitrogen and oxygen atoms in total. The molecule has 0 saturated heterocycles. The summed E-state index contributed by atoms with van der Waals surface area (Å²) in [4.78, 5) is 0. The van der Waals surface area contributed by atoms with Gasteiger partial charge in [-0.1, -0.05) is 26.7 Å². The molecular weight excluding hydrogens is 222 g/mol. The number of nitrogens with zero attached hydrogens (tertiary/aromatic N) is 2. The minimum absolute atomic E-state index is 0.491. The standard InChI is InChI=1S/C15H27N3/c1-4-16-15(13-8-6-12(3)7-9-13)14-10-11-17-18(14)5-2/h10-13,15-16H,4-9H2,1-3H3. The van der Waals surface area contributed by atoms with E-state index in [1.807, 2.05) is 6.20 Å². The van der Waals surface area contributed by atoms with Gasteiger partial charge in [0.05, 0.1) is 11.7 Å². The zero-order valence-corrected chi connectivity index (χ0v) is 12.0. The summed E-state index contributed by atoms with van der Waals surface area (Å²) in [5.41, 5.74) is 1.37. The Morgan fingerprint density at radius 2 is 2.06 bits per heavy atom. The van der Waals surface area contributed by atoms with E-state index in [0.717, 1.165) is 24.9 Å². The maximum atomic E-state index is 4.42. The lowest BCUT2D eigenvalue weighted by Crippen LogP contribution is -2.32. The van der Waals surface area contributed by atoms with Crippen LogP contribution in [0.25, 0.3) is 0 Å². The third-order valence-corrected chi connectivity index (χ3v) is 4.32. The topological polar surface area (TPSA) is 29.9 Å². The number of hydrogen-bond acceptors (Lipinski definition) is 2. The fraction of sp³-hybridized carbons (Fsp3) is 0.800. The van der Waals surface area contributed by atoms with Gasteiger partial charge in [0, 0.05) is 12.7 Å². The van der Waals surface area contributed by atoms with Crippen LogP contribution in [0.3, 0.4) is 0 Å². The number of hydrogen-bond donors (Lipinski definition) is 1. The lowest BCUT2D eigenvalue weighted by molar-refractivity contribution is 0.226. The normalized spacial score (nSPS) is 26.2. The van der Waals surface area contributed by atoms with E-state index in [0.29, 0.717) is 6.04 Å². The lowest BCUT2D eigenvalue weighted by atomic mass is 9.78. The van der Waals surface area contributed by atoms with Gasteiger partial charge in [0.1, 0.15) is 0 Å². The van der Waals surface area contributed by atoms with E-state index in [-0.39, 0.29) is 0 Å². The molecule has 0 aliphatic heterocycles. The van der Waals surface area contributed by atoms with Crippen molar-refractivity contribution in [3.05, 3.63) is 18.0 Å². The van der Waals surface area contributed by atoms with Crippen molar-refractivity contribution in [2.45, 2.75) is 59.0 Å². The minimum atomic E-state index is 0.491. The van der Waals surface area contributed by atoms with E-state index in [2.05, 4.69) is 41.9 Å². The van der Waals surface area contributed by atoms with Crippen LogP contribution < -0.4 is 5.32 Å². The predicted octanol–water partition coefficient (Wildman–Crippen LogP) is 3.38. The fourth-order valence-electron chi connectivity index (χ4n) is 3.22. The van der Waals surface area contributed by atoms with Gasteiger partial charge in [0.25, 0.3) is 0 Å². The molecule has 1 aromatic heterocycles. The quantitative estimate of drug-likeness (QED) is 0.867. The summed E-state index contributed by atoms with van der Waals surface area (Å²) in [6.07, 6.45) is 7.41. The number of aryl methyl sites for hydroxylation is 1. The Morgan fingerprint density at radius 1 is 1.33 bits per heavy atom. The average molecular weight is 249 g/mol. The van der Waals surface area contributed by atoms with Crippen LogP contribution in [-0.2, 0) is 6.54 Å². The van der Waals surface area contributed by atoms with Crippen LogP contribution in [0.4, 0.5) is 0 Å². The molecule has 1 aromatic rings. The smallest absolute Gasteiger partial charge is 0.0556 e. The molecule has 1 heterocycles. The first-order chi connectivity index (χ1) is 8.76. The van der Waals surface area contributed by atoms with Gasteiger partial charge >= 0.3 is 0 Å². The number of aromatic nitrogens is 2. The van der Waals surface area contributed by atoms with Crippen LogP contribution in [0.15, 0.2) is 12.3 Å². The van der Waals surface area contributed by atoms with Crippen molar-refractivity contribution >= 4 is 0 Å². The van der Waals surface area contributed by atoms with Gasteiger partial charge in [-0.3, -0.25) is 4.68 Å². The van der Waals surface area contributed by atoms with E-state index >= 15 is 0 Å². The molecule has 1 N–H and O–H groups in total. The van der Waals surface area contributed by atoms with Crippen molar-refractivity contribution in [2.24, 2.45) is 11.8 Å². The Hall–Kier alpha value is -0.830. The number of rotatable bonds is 5. The Morgan fingerprint density at radius 3 is 2.67 bits per heavy atom. The van der Waals surface area contributed by atoms with Gasteiger partial charge in [0.15, 0.2) is 0 Å². The highest BCUT2D eigenvalue weighted by atomic mass is 15.3. The molecule has 1 atom stereocenters. The first-order valence-electron chi connectivity index (χ1n) is 7.51. The van der Waals surface area contributed by atoms with Crippen LogP contribution in [-0.4, -0.2) is 16.3 Å². The molecule has 18 heavy (non-hydrogen) atoms. The molecule has 2 rings (SSSR count). The van der Waals surface area contributed by atoms with Crippen LogP contribution >= 0.6 is 0 Å². The highest BCUT2D eigenvalue weighted by molar-refractivity contribution is 5.09. The Bertz CT molecular complexity index is 350. The van der Waals surface area contributed by atoms with Crippen molar-refractivity contribution < 1.29 is 0 Å². The van der Waals surface area contributed by atoms with Crippen molar-refractivity contribution in [3.63, 3.8) is 0 Å². The van der Waals surface area contributed by atoms with Crippen molar-refractivity contribution in [1.29, 1.82) is 0 Å². The molecule has 0 bridgehead atoms. The molecule has 1 aliphatic rings. The Kier molecular flexibility index (Phi) is 4.81. The van der Waals surface area contributed by atoms with Gasteiger partial charge < -0.3 is 5.32 Å². The lowest BCUT2D eigenvalue weighted by Gasteiger charge is -2.33. The molecule has 0 aromatic carbocycles. The van der Waals surface area contributed by atoms with Crippen LogP contribution in [0.2, 0.25) is 0 Å². The monoisotopic (exact) mass is 249 g/mol. The molecule has 1 fully saturated rings.